The summed E-state index contributed by atoms with van der Waals surface area (Å²) in [6.07, 6.45) is 6.01. The van der Waals surface area contributed by atoms with Crippen molar-refractivity contribution in [2.24, 2.45) is 5.92 Å². The van der Waals surface area contributed by atoms with Crippen molar-refractivity contribution in [1.29, 1.82) is 0 Å². The summed E-state index contributed by atoms with van der Waals surface area (Å²) in [6.45, 7) is 4.33. The van der Waals surface area contributed by atoms with Gasteiger partial charge in [-0.1, -0.05) is 11.6 Å². The second kappa shape index (κ2) is 5.21. The van der Waals surface area contributed by atoms with Crippen LogP contribution in [0.15, 0.2) is 30.0 Å². The van der Waals surface area contributed by atoms with Crippen molar-refractivity contribution in [1.82, 2.24) is 4.98 Å². The zero-order valence-electron chi connectivity index (χ0n) is 10.4. The van der Waals surface area contributed by atoms with Gasteiger partial charge >= 0.3 is 5.97 Å². The maximum Gasteiger partial charge on any atom is 0.313 e. The molecule has 0 bridgehead atoms. The van der Waals surface area contributed by atoms with Crippen molar-refractivity contribution in [3.8, 4) is 0 Å². The minimum atomic E-state index is -0.0776. The minimum absolute atomic E-state index is 0.0406. The number of hydrogen-bond donors (Lipinski definition) is 1. The number of aromatic amines is 1. The van der Waals surface area contributed by atoms with Crippen molar-refractivity contribution in [2.75, 3.05) is 6.61 Å². The Hall–Kier alpha value is -1.51. The van der Waals surface area contributed by atoms with Crippen LogP contribution in [0, 0.1) is 5.92 Å². The Bertz CT molecular complexity index is 406. The fourth-order valence-corrected chi connectivity index (χ4v) is 2.46. The Morgan fingerprint density at radius 2 is 2.35 bits per heavy atom. The number of aromatic nitrogens is 1. The summed E-state index contributed by atoms with van der Waals surface area (Å²) in [5.41, 5.74) is 2.36. The molecule has 0 fully saturated rings. The molecule has 0 spiro atoms. The molecule has 3 heteroatoms. The van der Waals surface area contributed by atoms with E-state index in [1.54, 1.807) is 0 Å². The second-order valence-corrected chi connectivity index (χ2v) is 4.52. The maximum absolute atomic E-state index is 11.7. The second-order valence-electron chi connectivity index (χ2n) is 4.52. The molecular formula is C14H19NO2. The van der Waals surface area contributed by atoms with Crippen molar-refractivity contribution in [3.05, 3.63) is 35.7 Å². The Morgan fingerprint density at radius 3 is 2.94 bits per heavy atom. The van der Waals surface area contributed by atoms with Gasteiger partial charge in [0, 0.05) is 17.8 Å². The SMILES string of the molecule is CCOC(=O)C1CCC(c2ccc[nH]2)C=C1C. The molecule has 0 aromatic carbocycles. The van der Waals surface area contributed by atoms with Crippen LogP contribution in [-0.4, -0.2) is 17.6 Å². The van der Waals surface area contributed by atoms with Crippen LogP contribution in [0.5, 0.6) is 0 Å². The third-order valence-electron chi connectivity index (χ3n) is 3.37. The Kier molecular flexibility index (Phi) is 3.67. The zero-order chi connectivity index (χ0) is 12.3. The zero-order valence-corrected chi connectivity index (χ0v) is 10.4. The molecule has 92 valence electrons. The molecule has 1 heterocycles. The molecule has 1 aromatic heterocycles. The van der Waals surface area contributed by atoms with Gasteiger partial charge in [0.2, 0.25) is 0 Å². The maximum atomic E-state index is 11.7. The van der Waals surface area contributed by atoms with E-state index >= 15 is 0 Å². The average Bonchev–Trinajstić information content (AvgIpc) is 2.82. The Balaban J connectivity index is 2.09. The van der Waals surface area contributed by atoms with Gasteiger partial charge in [0.1, 0.15) is 0 Å². The van der Waals surface area contributed by atoms with Crippen LogP contribution in [0.3, 0.4) is 0 Å². The van der Waals surface area contributed by atoms with E-state index in [1.807, 2.05) is 26.1 Å². The summed E-state index contributed by atoms with van der Waals surface area (Å²) in [7, 11) is 0. The standard InChI is InChI=1S/C14H19NO2/c1-3-17-14(16)12-7-6-11(9-10(12)2)13-5-4-8-15-13/h4-5,8-9,11-12,15H,3,6-7H2,1-2H3. The van der Waals surface area contributed by atoms with Crippen molar-refractivity contribution < 1.29 is 9.53 Å². The highest BCUT2D eigenvalue weighted by Crippen LogP contribution is 2.34. The van der Waals surface area contributed by atoms with Crippen LogP contribution in [0.4, 0.5) is 0 Å². The average molecular weight is 233 g/mol. The van der Waals surface area contributed by atoms with Gasteiger partial charge in [0.15, 0.2) is 0 Å². The first-order valence-electron chi connectivity index (χ1n) is 6.20. The first-order valence-corrected chi connectivity index (χ1v) is 6.20. The predicted octanol–water partition coefficient (Wildman–Crippen LogP) is 3.02. The lowest BCUT2D eigenvalue weighted by atomic mass is 9.82. The van der Waals surface area contributed by atoms with Crippen LogP contribution in [0.1, 0.15) is 38.3 Å². The Labute approximate surface area is 102 Å². The summed E-state index contributed by atoms with van der Waals surface area (Å²) in [5.74, 6) is 0.294. The lowest BCUT2D eigenvalue weighted by Crippen LogP contribution is -2.23. The van der Waals surface area contributed by atoms with E-state index in [0.29, 0.717) is 12.5 Å². The van der Waals surface area contributed by atoms with E-state index < -0.39 is 0 Å². The van der Waals surface area contributed by atoms with E-state index in [-0.39, 0.29) is 11.9 Å². The van der Waals surface area contributed by atoms with E-state index in [0.717, 1.165) is 18.4 Å². The molecule has 0 amide bonds. The van der Waals surface area contributed by atoms with Crippen molar-refractivity contribution in [2.45, 2.75) is 32.6 Å². The molecule has 1 aliphatic carbocycles. The molecular weight excluding hydrogens is 214 g/mol. The van der Waals surface area contributed by atoms with Crippen molar-refractivity contribution in [3.63, 3.8) is 0 Å². The summed E-state index contributed by atoms with van der Waals surface area (Å²) in [5, 5.41) is 0. The summed E-state index contributed by atoms with van der Waals surface area (Å²) < 4.78 is 5.09. The molecule has 3 nitrogen and oxygen atoms in total. The third-order valence-corrected chi connectivity index (χ3v) is 3.37. The van der Waals surface area contributed by atoms with E-state index in [2.05, 4.69) is 17.1 Å². The molecule has 0 saturated heterocycles. The first-order chi connectivity index (χ1) is 8.22. The topological polar surface area (TPSA) is 42.1 Å². The summed E-state index contributed by atoms with van der Waals surface area (Å²) in [6, 6.07) is 4.11. The lowest BCUT2D eigenvalue weighted by Gasteiger charge is -2.25. The fourth-order valence-electron chi connectivity index (χ4n) is 2.46. The van der Waals surface area contributed by atoms with Gasteiger partial charge < -0.3 is 9.72 Å². The number of rotatable bonds is 3. The molecule has 0 saturated carbocycles. The largest absolute Gasteiger partial charge is 0.466 e. The highest BCUT2D eigenvalue weighted by molar-refractivity contribution is 5.76. The predicted molar refractivity (Wildman–Crippen MR) is 66.6 cm³/mol. The number of carbonyl (C=O) groups is 1. The number of H-pyrrole nitrogens is 1. The highest BCUT2D eigenvalue weighted by atomic mass is 16.5. The lowest BCUT2D eigenvalue weighted by molar-refractivity contribution is -0.147. The van der Waals surface area contributed by atoms with E-state index in [9.17, 15) is 4.79 Å². The van der Waals surface area contributed by atoms with Gasteiger partial charge in [-0.05, 0) is 38.8 Å². The minimum Gasteiger partial charge on any atom is -0.466 e. The van der Waals surface area contributed by atoms with Crippen molar-refractivity contribution >= 4 is 5.97 Å². The molecule has 0 aliphatic heterocycles. The molecule has 17 heavy (non-hydrogen) atoms. The first kappa shape index (κ1) is 12.0. The van der Waals surface area contributed by atoms with Crippen LogP contribution in [0.25, 0.3) is 0 Å². The molecule has 2 rings (SSSR count). The van der Waals surface area contributed by atoms with E-state index in [4.69, 9.17) is 4.74 Å². The van der Waals surface area contributed by atoms with Gasteiger partial charge in [0.25, 0.3) is 0 Å². The molecule has 2 unspecified atom stereocenters. The summed E-state index contributed by atoms with van der Waals surface area (Å²) in [4.78, 5) is 15.0. The normalized spacial score (nSPS) is 24.2. The van der Waals surface area contributed by atoms with Gasteiger partial charge in [0.05, 0.1) is 12.5 Å². The molecule has 1 aliphatic rings. The number of hydrogen-bond acceptors (Lipinski definition) is 2. The van der Waals surface area contributed by atoms with Crippen LogP contribution in [-0.2, 0) is 9.53 Å². The number of ether oxygens (including phenoxy) is 1. The molecule has 1 N–H and O–H groups in total. The van der Waals surface area contributed by atoms with Crippen LogP contribution < -0.4 is 0 Å². The highest BCUT2D eigenvalue weighted by Gasteiger charge is 2.27. The smallest absolute Gasteiger partial charge is 0.313 e. The molecule has 0 radical (unpaired) electrons. The van der Waals surface area contributed by atoms with Gasteiger partial charge in [-0.25, -0.2) is 0 Å². The number of allylic oxidation sites excluding steroid dienone is 1. The number of carbonyl (C=O) groups excluding carboxylic acids is 1. The number of nitrogens with one attached hydrogen (secondary N) is 1. The quantitative estimate of drug-likeness (QED) is 0.644. The monoisotopic (exact) mass is 233 g/mol. The molecule has 2 atom stereocenters. The number of esters is 1. The molecule has 1 aromatic rings. The van der Waals surface area contributed by atoms with Gasteiger partial charge in [-0.3, -0.25) is 4.79 Å². The van der Waals surface area contributed by atoms with Gasteiger partial charge in [-0.15, -0.1) is 0 Å². The third kappa shape index (κ3) is 2.60. The van der Waals surface area contributed by atoms with Crippen LogP contribution >= 0.6 is 0 Å². The fraction of sp³-hybridized carbons (Fsp3) is 0.500. The van der Waals surface area contributed by atoms with Gasteiger partial charge in [-0.2, -0.15) is 0 Å². The summed E-state index contributed by atoms with van der Waals surface area (Å²) >= 11 is 0. The Morgan fingerprint density at radius 1 is 1.53 bits per heavy atom. The van der Waals surface area contributed by atoms with Crippen LogP contribution in [0.2, 0.25) is 0 Å². The van der Waals surface area contributed by atoms with E-state index in [1.165, 1.54) is 5.69 Å².